The van der Waals surface area contributed by atoms with Crippen LogP contribution in [0, 0.1) is 5.41 Å². The number of carbonyl (C=O) groups excluding carboxylic acids is 1. The summed E-state index contributed by atoms with van der Waals surface area (Å²) in [4.78, 5) is 18.4. The molecule has 1 fully saturated rings. The van der Waals surface area contributed by atoms with Crippen molar-refractivity contribution in [1.82, 2.24) is 9.88 Å². The van der Waals surface area contributed by atoms with Crippen LogP contribution in [-0.4, -0.2) is 29.4 Å². The normalized spacial score (nSPS) is 22.4. The van der Waals surface area contributed by atoms with Crippen molar-refractivity contribution in [2.24, 2.45) is 5.41 Å². The van der Waals surface area contributed by atoms with Gasteiger partial charge >= 0.3 is 0 Å². The van der Waals surface area contributed by atoms with Gasteiger partial charge in [0.1, 0.15) is 5.75 Å². The van der Waals surface area contributed by atoms with Gasteiger partial charge in [0.25, 0.3) is 0 Å². The zero-order chi connectivity index (χ0) is 16.9. The van der Waals surface area contributed by atoms with Crippen LogP contribution in [0.15, 0.2) is 18.2 Å². The zero-order valence-corrected chi connectivity index (χ0v) is 14.8. The molecule has 2 aliphatic rings. The number of nitrogens with zero attached hydrogens (tertiary/aromatic N) is 1. The van der Waals surface area contributed by atoms with Crippen LogP contribution in [0.25, 0.3) is 10.9 Å². The van der Waals surface area contributed by atoms with E-state index in [9.17, 15) is 4.79 Å². The van der Waals surface area contributed by atoms with Crippen LogP contribution in [-0.2, 0) is 11.2 Å². The number of rotatable bonds is 3. The Morgan fingerprint density at radius 2 is 2.08 bits per heavy atom. The fraction of sp³-hybridized carbons (Fsp3) is 0.550. The molecule has 24 heavy (non-hydrogen) atoms. The molecular formula is C20H26N2O2. The van der Waals surface area contributed by atoms with Crippen molar-refractivity contribution in [3.8, 4) is 5.75 Å². The maximum absolute atomic E-state index is 12.6. The molecule has 1 amide bonds. The largest absolute Gasteiger partial charge is 0.497 e. The molecule has 2 aliphatic heterocycles. The molecule has 1 N–H and O–H groups in total. The minimum atomic E-state index is 0.189. The van der Waals surface area contributed by atoms with E-state index < -0.39 is 0 Å². The zero-order valence-electron chi connectivity index (χ0n) is 14.8. The lowest BCUT2D eigenvalue weighted by molar-refractivity contribution is -0.145. The maximum atomic E-state index is 12.6. The van der Waals surface area contributed by atoms with Crippen LogP contribution < -0.4 is 4.74 Å². The average Bonchev–Trinajstić information content (AvgIpc) is 3.00. The first-order valence-electron chi connectivity index (χ1n) is 9.11. The summed E-state index contributed by atoms with van der Waals surface area (Å²) >= 11 is 0. The standard InChI is InChI=1S/C20H26N2O2/c1-4-20(5-2)10-8-17(23)22-11-9-14-15-12-13(24-3)6-7-16(15)21-18(14)19(20)22/h6-7,12,19,21H,4-5,8-11H2,1-3H3. The van der Waals surface area contributed by atoms with E-state index in [4.69, 9.17) is 4.74 Å². The topological polar surface area (TPSA) is 45.3 Å². The summed E-state index contributed by atoms with van der Waals surface area (Å²) in [6, 6.07) is 6.42. The summed E-state index contributed by atoms with van der Waals surface area (Å²) in [6.07, 6.45) is 4.83. The summed E-state index contributed by atoms with van der Waals surface area (Å²) in [5.41, 5.74) is 3.99. The highest BCUT2D eigenvalue weighted by Gasteiger charge is 2.49. The highest BCUT2D eigenvalue weighted by molar-refractivity contribution is 5.87. The van der Waals surface area contributed by atoms with Crippen molar-refractivity contribution >= 4 is 16.8 Å². The average molecular weight is 326 g/mol. The van der Waals surface area contributed by atoms with E-state index in [1.165, 1.54) is 16.6 Å². The van der Waals surface area contributed by atoms with Crippen LogP contribution in [0.1, 0.15) is 56.8 Å². The van der Waals surface area contributed by atoms with Crippen LogP contribution in [0.3, 0.4) is 0 Å². The molecule has 1 aromatic heterocycles. The fourth-order valence-electron chi connectivity index (χ4n) is 4.93. The summed E-state index contributed by atoms with van der Waals surface area (Å²) < 4.78 is 5.41. The number of hydrogen-bond donors (Lipinski definition) is 1. The van der Waals surface area contributed by atoms with Crippen molar-refractivity contribution in [1.29, 1.82) is 0 Å². The van der Waals surface area contributed by atoms with Gasteiger partial charge in [-0.3, -0.25) is 4.79 Å². The monoisotopic (exact) mass is 326 g/mol. The molecule has 0 radical (unpaired) electrons. The number of methoxy groups -OCH3 is 1. The van der Waals surface area contributed by atoms with Gasteiger partial charge in [-0.15, -0.1) is 0 Å². The Morgan fingerprint density at radius 1 is 1.29 bits per heavy atom. The van der Waals surface area contributed by atoms with Crippen molar-refractivity contribution < 1.29 is 9.53 Å². The van der Waals surface area contributed by atoms with Gasteiger partial charge in [-0.25, -0.2) is 0 Å². The molecule has 3 heterocycles. The van der Waals surface area contributed by atoms with E-state index in [1.54, 1.807) is 7.11 Å². The number of carbonyl (C=O) groups is 1. The number of nitrogens with one attached hydrogen (secondary N) is 1. The summed E-state index contributed by atoms with van der Waals surface area (Å²) in [5, 5.41) is 1.25. The first-order valence-corrected chi connectivity index (χ1v) is 9.11. The number of benzene rings is 1. The van der Waals surface area contributed by atoms with Gasteiger partial charge in [-0.05, 0) is 54.9 Å². The van der Waals surface area contributed by atoms with Crippen LogP contribution in [0.5, 0.6) is 5.75 Å². The van der Waals surface area contributed by atoms with Crippen molar-refractivity contribution in [2.45, 2.75) is 52.0 Å². The minimum Gasteiger partial charge on any atom is -0.497 e. The smallest absolute Gasteiger partial charge is 0.223 e. The molecule has 1 aromatic carbocycles. The van der Waals surface area contributed by atoms with Crippen LogP contribution >= 0.6 is 0 Å². The second kappa shape index (κ2) is 5.54. The third kappa shape index (κ3) is 2.01. The lowest BCUT2D eigenvalue weighted by Gasteiger charge is -2.51. The third-order valence-electron chi connectivity index (χ3n) is 6.48. The summed E-state index contributed by atoms with van der Waals surface area (Å²) in [6.45, 7) is 5.39. The van der Waals surface area contributed by atoms with E-state index in [1.807, 2.05) is 6.07 Å². The lowest BCUT2D eigenvalue weighted by atomic mass is 9.66. The van der Waals surface area contributed by atoms with Gasteiger partial charge in [0, 0.05) is 29.6 Å². The number of hydrogen-bond acceptors (Lipinski definition) is 2. The van der Waals surface area contributed by atoms with Gasteiger partial charge in [0.15, 0.2) is 0 Å². The highest BCUT2D eigenvalue weighted by Crippen LogP contribution is 2.53. The van der Waals surface area contributed by atoms with Crippen molar-refractivity contribution in [2.75, 3.05) is 13.7 Å². The van der Waals surface area contributed by atoms with Crippen LogP contribution in [0.2, 0.25) is 0 Å². The molecule has 1 unspecified atom stereocenters. The van der Waals surface area contributed by atoms with E-state index in [0.717, 1.165) is 43.5 Å². The highest BCUT2D eigenvalue weighted by atomic mass is 16.5. The molecule has 1 saturated heterocycles. The van der Waals surface area contributed by atoms with E-state index in [0.29, 0.717) is 12.3 Å². The number of piperidine rings is 1. The number of aromatic nitrogens is 1. The van der Waals surface area contributed by atoms with Gasteiger partial charge < -0.3 is 14.6 Å². The molecule has 0 aliphatic carbocycles. The van der Waals surface area contributed by atoms with Crippen molar-refractivity contribution in [3.05, 3.63) is 29.5 Å². The third-order valence-corrected chi connectivity index (χ3v) is 6.48. The van der Waals surface area contributed by atoms with E-state index in [-0.39, 0.29) is 11.5 Å². The molecule has 4 rings (SSSR count). The van der Waals surface area contributed by atoms with Crippen molar-refractivity contribution in [3.63, 3.8) is 0 Å². The van der Waals surface area contributed by atoms with E-state index >= 15 is 0 Å². The second-order valence-electron chi connectivity index (χ2n) is 7.24. The lowest BCUT2D eigenvalue weighted by Crippen LogP contribution is -2.51. The second-order valence-corrected chi connectivity index (χ2v) is 7.24. The van der Waals surface area contributed by atoms with Crippen LogP contribution in [0.4, 0.5) is 0 Å². The molecule has 1 atom stereocenters. The Bertz CT molecular complexity index is 788. The Morgan fingerprint density at radius 3 is 2.79 bits per heavy atom. The number of ether oxygens (including phenoxy) is 1. The Balaban J connectivity index is 1.91. The number of fused-ring (bicyclic) bond motifs is 5. The molecule has 4 heteroatoms. The van der Waals surface area contributed by atoms with Gasteiger partial charge in [-0.1, -0.05) is 13.8 Å². The minimum absolute atomic E-state index is 0.189. The predicted molar refractivity (Wildman–Crippen MR) is 95.3 cm³/mol. The molecule has 2 aromatic rings. The maximum Gasteiger partial charge on any atom is 0.223 e. The molecule has 128 valence electrons. The molecule has 0 saturated carbocycles. The molecule has 0 bridgehead atoms. The van der Waals surface area contributed by atoms with Gasteiger partial charge in [0.2, 0.25) is 5.91 Å². The number of aromatic amines is 1. The number of H-pyrrole nitrogens is 1. The molecule has 0 spiro atoms. The van der Waals surface area contributed by atoms with Gasteiger partial charge in [0.05, 0.1) is 13.2 Å². The summed E-state index contributed by atoms with van der Waals surface area (Å²) in [5.74, 6) is 1.21. The van der Waals surface area contributed by atoms with E-state index in [2.05, 4.69) is 35.9 Å². The first kappa shape index (κ1) is 15.6. The Labute approximate surface area is 143 Å². The Kier molecular flexibility index (Phi) is 3.59. The summed E-state index contributed by atoms with van der Waals surface area (Å²) in [7, 11) is 1.71. The quantitative estimate of drug-likeness (QED) is 0.918. The Hall–Kier alpha value is -1.97. The SMILES string of the molecule is CCC1(CC)CCC(=O)N2CCc3c([nH]c4ccc(OC)cc34)C21. The molecule has 4 nitrogen and oxygen atoms in total. The number of amides is 1. The fourth-order valence-corrected chi connectivity index (χ4v) is 4.93. The predicted octanol–water partition coefficient (Wildman–Crippen LogP) is 4.20. The first-order chi connectivity index (χ1) is 11.6. The van der Waals surface area contributed by atoms with Gasteiger partial charge in [-0.2, -0.15) is 0 Å². The molecular weight excluding hydrogens is 300 g/mol.